The second-order valence-corrected chi connectivity index (χ2v) is 5.73. The zero-order valence-electron chi connectivity index (χ0n) is 10.4. The Labute approximate surface area is 123 Å². The van der Waals surface area contributed by atoms with Crippen molar-refractivity contribution in [3.63, 3.8) is 0 Å². The SMILES string of the molecule is CNC(c1cccc(OC(F)(F)F)c1)c1ccc(Cl)s1. The van der Waals surface area contributed by atoms with E-state index in [0.29, 0.717) is 9.90 Å². The molecule has 1 unspecified atom stereocenters. The Bertz CT molecular complexity index is 585. The van der Waals surface area contributed by atoms with Crippen LogP contribution in [0.1, 0.15) is 16.5 Å². The molecule has 0 aliphatic rings. The highest BCUT2D eigenvalue weighted by molar-refractivity contribution is 7.16. The lowest BCUT2D eigenvalue weighted by Crippen LogP contribution is -2.19. The minimum atomic E-state index is -4.69. The lowest BCUT2D eigenvalue weighted by Gasteiger charge is -2.16. The second-order valence-electron chi connectivity index (χ2n) is 3.98. The molecule has 1 atom stereocenters. The van der Waals surface area contributed by atoms with Gasteiger partial charge in [-0.15, -0.1) is 24.5 Å². The van der Waals surface area contributed by atoms with Crippen molar-refractivity contribution in [1.82, 2.24) is 5.32 Å². The van der Waals surface area contributed by atoms with Crippen LogP contribution in [0.5, 0.6) is 5.75 Å². The van der Waals surface area contributed by atoms with E-state index in [0.717, 1.165) is 4.88 Å². The fraction of sp³-hybridized carbons (Fsp3) is 0.231. The molecule has 20 heavy (non-hydrogen) atoms. The normalized spacial score (nSPS) is 13.2. The van der Waals surface area contributed by atoms with Gasteiger partial charge in [-0.3, -0.25) is 0 Å². The Morgan fingerprint density at radius 1 is 1.25 bits per heavy atom. The first-order valence-electron chi connectivity index (χ1n) is 5.67. The molecule has 0 saturated heterocycles. The van der Waals surface area contributed by atoms with E-state index in [-0.39, 0.29) is 11.8 Å². The molecule has 108 valence electrons. The molecule has 1 aromatic heterocycles. The summed E-state index contributed by atoms with van der Waals surface area (Å²) < 4.78 is 41.2. The van der Waals surface area contributed by atoms with Crippen LogP contribution in [0.2, 0.25) is 4.34 Å². The van der Waals surface area contributed by atoms with E-state index in [1.807, 2.05) is 6.07 Å². The third kappa shape index (κ3) is 3.88. The molecule has 0 aliphatic carbocycles. The summed E-state index contributed by atoms with van der Waals surface area (Å²) in [5, 5.41) is 3.05. The molecular formula is C13H11ClF3NOS. The smallest absolute Gasteiger partial charge is 0.406 e. The Balaban J connectivity index is 2.29. The predicted octanol–water partition coefficient (Wildman–Crippen LogP) is 4.61. The van der Waals surface area contributed by atoms with Gasteiger partial charge in [0, 0.05) is 4.88 Å². The summed E-state index contributed by atoms with van der Waals surface area (Å²) in [7, 11) is 1.73. The lowest BCUT2D eigenvalue weighted by atomic mass is 10.1. The van der Waals surface area contributed by atoms with Gasteiger partial charge in [-0.1, -0.05) is 23.7 Å². The van der Waals surface area contributed by atoms with Crippen molar-refractivity contribution in [2.75, 3.05) is 7.05 Å². The number of nitrogens with one attached hydrogen (secondary N) is 1. The molecule has 0 bridgehead atoms. The summed E-state index contributed by atoms with van der Waals surface area (Å²) in [4.78, 5) is 0.918. The third-order valence-electron chi connectivity index (χ3n) is 2.59. The van der Waals surface area contributed by atoms with Crippen molar-refractivity contribution >= 4 is 22.9 Å². The maximum absolute atomic E-state index is 12.2. The summed E-state index contributed by atoms with van der Waals surface area (Å²) in [6, 6.07) is 9.25. The van der Waals surface area contributed by atoms with Crippen LogP contribution in [0.15, 0.2) is 36.4 Å². The van der Waals surface area contributed by atoms with E-state index in [1.54, 1.807) is 19.2 Å². The molecule has 2 rings (SSSR count). The average Bonchev–Trinajstić information content (AvgIpc) is 2.75. The van der Waals surface area contributed by atoms with Crippen LogP contribution < -0.4 is 10.1 Å². The van der Waals surface area contributed by atoms with Gasteiger partial charge in [-0.05, 0) is 36.9 Å². The van der Waals surface area contributed by atoms with E-state index in [4.69, 9.17) is 11.6 Å². The molecule has 0 aliphatic heterocycles. The fourth-order valence-corrected chi connectivity index (χ4v) is 3.05. The molecule has 1 aromatic carbocycles. The molecule has 0 saturated carbocycles. The van der Waals surface area contributed by atoms with Crippen LogP contribution in [0, 0.1) is 0 Å². The lowest BCUT2D eigenvalue weighted by molar-refractivity contribution is -0.274. The van der Waals surface area contributed by atoms with Crippen molar-refractivity contribution in [2.24, 2.45) is 0 Å². The monoisotopic (exact) mass is 321 g/mol. The van der Waals surface area contributed by atoms with Crippen molar-refractivity contribution in [3.05, 3.63) is 51.2 Å². The zero-order chi connectivity index (χ0) is 14.8. The van der Waals surface area contributed by atoms with Gasteiger partial charge < -0.3 is 10.1 Å². The first-order chi connectivity index (χ1) is 9.39. The van der Waals surface area contributed by atoms with Gasteiger partial charge in [0.1, 0.15) is 5.75 Å². The quantitative estimate of drug-likeness (QED) is 0.888. The second kappa shape index (κ2) is 6.03. The fourth-order valence-electron chi connectivity index (χ4n) is 1.85. The van der Waals surface area contributed by atoms with E-state index < -0.39 is 6.36 Å². The zero-order valence-corrected chi connectivity index (χ0v) is 11.9. The maximum Gasteiger partial charge on any atom is 0.573 e. The first kappa shape index (κ1) is 15.2. The number of alkyl halides is 3. The molecule has 0 amide bonds. The van der Waals surface area contributed by atoms with E-state index in [2.05, 4.69) is 10.1 Å². The Kier molecular flexibility index (Phi) is 4.57. The molecule has 1 N–H and O–H groups in total. The largest absolute Gasteiger partial charge is 0.573 e. The van der Waals surface area contributed by atoms with Gasteiger partial charge in [0.2, 0.25) is 0 Å². The minimum Gasteiger partial charge on any atom is -0.406 e. The van der Waals surface area contributed by atoms with Crippen molar-refractivity contribution in [3.8, 4) is 5.75 Å². The van der Waals surface area contributed by atoms with Gasteiger partial charge in [0.15, 0.2) is 0 Å². The Hall–Kier alpha value is -1.24. The molecular weight excluding hydrogens is 311 g/mol. The number of hydrogen-bond donors (Lipinski definition) is 1. The average molecular weight is 322 g/mol. The molecule has 1 heterocycles. The number of hydrogen-bond acceptors (Lipinski definition) is 3. The molecule has 0 fully saturated rings. The maximum atomic E-state index is 12.2. The molecule has 7 heteroatoms. The van der Waals surface area contributed by atoms with Gasteiger partial charge >= 0.3 is 6.36 Å². The summed E-state index contributed by atoms with van der Waals surface area (Å²) in [6.45, 7) is 0. The van der Waals surface area contributed by atoms with Gasteiger partial charge in [0.05, 0.1) is 10.4 Å². The minimum absolute atomic E-state index is 0.232. The van der Waals surface area contributed by atoms with E-state index >= 15 is 0 Å². The Morgan fingerprint density at radius 3 is 2.55 bits per heavy atom. The molecule has 0 radical (unpaired) electrons. The topological polar surface area (TPSA) is 21.3 Å². The summed E-state index contributed by atoms with van der Waals surface area (Å²) >= 11 is 7.26. The van der Waals surface area contributed by atoms with Crippen LogP contribution in [0.25, 0.3) is 0 Å². The van der Waals surface area contributed by atoms with Crippen LogP contribution in [0.4, 0.5) is 13.2 Å². The van der Waals surface area contributed by atoms with E-state index in [9.17, 15) is 13.2 Å². The van der Waals surface area contributed by atoms with Crippen molar-refractivity contribution in [2.45, 2.75) is 12.4 Å². The summed E-state index contributed by atoms with van der Waals surface area (Å²) in [5.41, 5.74) is 0.674. The van der Waals surface area contributed by atoms with Crippen molar-refractivity contribution < 1.29 is 17.9 Å². The first-order valence-corrected chi connectivity index (χ1v) is 6.86. The van der Waals surface area contributed by atoms with Crippen molar-refractivity contribution in [1.29, 1.82) is 0 Å². The van der Waals surface area contributed by atoms with Gasteiger partial charge in [-0.25, -0.2) is 0 Å². The van der Waals surface area contributed by atoms with Crippen LogP contribution in [-0.4, -0.2) is 13.4 Å². The third-order valence-corrected chi connectivity index (χ3v) is 3.89. The van der Waals surface area contributed by atoms with Crippen LogP contribution in [-0.2, 0) is 0 Å². The number of rotatable bonds is 4. The number of ether oxygens (including phenoxy) is 1. The molecule has 0 spiro atoms. The predicted molar refractivity (Wildman–Crippen MR) is 73.4 cm³/mol. The van der Waals surface area contributed by atoms with Gasteiger partial charge in [0.25, 0.3) is 0 Å². The van der Waals surface area contributed by atoms with E-state index in [1.165, 1.54) is 29.5 Å². The number of thiophene rings is 1. The Morgan fingerprint density at radius 2 is 2.00 bits per heavy atom. The number of halogens is 4. The standard InChI is InChI=1S/C13H11ClF3NOS/c1-18-12(10-5-6-11(14)20-10)8-3-2-4-9(7-8)19-13(15,16)17/h2-7,12,18H,1H3. The van der Waals surface area contributed by atoms with Gasteiger partial charge in [-0.2, -0.15) is 0 Å². The highest BCUT2D eigenvalue weighted by Gasteiger charge is 2.31. The summed E-state index contributed by atoms with van der Waals surface area (Å²) in [6.07, 6.45) is -4.69. The van der Waals surface area contributed by atoms with Crippen LogP contribution in [0.3, 0.4) is 0 Å². The van der Waals surface area contributed by atoms with Crippen LogP contribution >= 0.6 is 22.9 Å². The molecule has 2 nitrogen and oxygen atoms in total. The number of benzene rings is 1. The molecule has 2 aromatic rings. The highest BCUT2D eigenvalue weighted by Crippen LogP contribution is 2.33. The summed E-state index contributed by atoms with van der Waals surface area (Å²) in [5.74, 6) is -0.238. The highest BCUT2D eigenvalue weighted by atomic mass is 35.5.